The van der Waals surface area contributed by atoms with Gasteiger partial charge in [0.25, 0.3) is 8.05 Å². The largest absolute Gasteiger partial charge is 0.441 e. The number of hydrogen-bond donors (Lipinski definition) is 0. The van der Waals surface area contributed by atoms with Gasteiger partial charge in [0.2, 0.25) is 0 Å². The summed E-state index contributed by atoms with van der Waals surface area (Å²) in [4.78, 5) is 0. The van der Waals surface area contributed by atoms with Crippen LogP contribution in [0.2, 0.25) is 0 Å². The summed E-state index contributed by atoms with van der Waals surface area (Å²) < 4.78 is 5.32. The number of rotatable bonds is 4. The average Bonchev–Trinajstić information content (AvgIpc) is 1.81. The van der Waals surface area contributed by atoms with Gasteiger partial charge in [-0.3, -0.25) is 0 Å². The topological polar surface area (TPSA) is 9.23 Å². The van der Waals surface area contributed by atoms with Crippen molar-refractivity contribution >= 4 is 8.05 Å². The Morgan fingerprint density at radius 1 is 1.20 bits per heavy atom. The van der Waals surface area contributed by atoms with E-state index in [1.54, 1.807) is 8.05 Å². The maximum Gasteiger partial charge on any atom is 0.257 e. The molecule has 0 aliphatic carbocycles. The third-order valence-corrected chi connectivity index (χ3v) is 1.75. The molecule has 1 unspecified atom stereocenters. The summed E-state index contributed by atoms with van der Waals surface area (Å²) in [5, 5.41) is 0. The highest BCUT2D eigenvalue weighted by Gasteiger charge is 2.12. The second-order valence-electron chi connectivity index (χ2n) is 3.65. The minimum Gasteiger partial charge on any atom is -0.441 e. The highest BCUT2D eigenvalue weighted by Crippen LogP contribution is 2.14. The monoisotopic (exact) mass is 142 g/mol. The summed E-state index contributed by atoms with van der Waals surface area (Å²) in [6.07, 6.45) is 1.62. The second kappa shape index (κ2) is 4.78. The normalized spacial score (nSPS) is 14.6. The van der Waals surface area contributed by atoms with Gasteiger partial charge in [-0.2, -0.15) is 0 Å². The van der Waals surface area contributed by atoms with Gasteiger partial charge in [-0.1, -0.05) is 27.7 Å². The van der Waals surface area contributed by atoms with E-state index >= 15 is 0 Å². The first-order valence-electron chi connectivity index (χ1n) is 4.10. The van der Waals surface area contributed by atoms with Crippen LogP contribution in [0, 0.1) is 11.8 Å². The van der Waals surface area contributed by atoms with Gasteiger partial charge in [-0.15, -0.1) is 0 Å². The Kier molecular flexibility index (Phi) is 4.79. The van der Waals surface area contributed by atoms with Crippen molar-refractivity contribution in [2.75, 3.05) is 0 Å². The molecular weight excluding hydrogens is 123 g/mol. The van der Waals surface area contributed by atoms with Crippen LogP contribution in [0.5, 0.6) is 0 Å². The summed E-state index contributed by atoms with van der Waals surface area (Å²) in [6.45, 7) is 8.87. The lowest BCUT2D eigenvalue weighted by molar-refractivity contribution is 0.140. The molecule has 0 spiro atoms. The highest BCUT2D eigenvalue weighted by molar-refractivity contribution is 5.98. The van der Waals surface area contributed by atoms with Crippen LogP contribution in [0.15, 0.2) is 0 Å². The number of hydrogen-bond acceptors (Lipinski definition) is 1. The van der Waals surface area contributed by atoms with E-state index in [9.17, 15) is 0 Å². The summed E-state index contributed by atoms with van der Waals surface area (Å²) in [6, 6.07) is 0. The van der Waals surface area contributed by atoms with Crippen molar-refractivity contribution in [2.45, 2.75) is 40.2 Å². The zero-order chi connectivity index (χ0) is 8.15. The molecule has 0 bridgehead atoms. The zero-order valence-corrected chi connectivity index (χ0v) is 7.85. The summed E-state index contributed by atoms with van der Waals surface area (Å²) in [5.41, 5.74) is 0. The standard InChI is InChI=1S/C8H19BO/c1-6(2)5-8(10-9)7(3)4/h6-8H,5,9H2,1-4H3. The van der Waals surface area contributed by atoms with Crippen LogP contribution in [0.4, 0.5) is 0 Å². The van der Waals surface area contributed by atoms with E-state index in [0.717, 1.165) is 5.92 Å². The van der Waals surface area contributed by atoms with E-state index in [2.05, 4.69) is 27.7 Å². The Morgan fingerprint density at radius 2 is 1.70 bits per heavy atom. The molecule has 0 rings (SSSR count). The predicted octanol–water partition coefficient (Wildman–Crippen LogP) is 1.62. The van der Waals surface area contributed by atoms with Crippen LogP contribution in [-0.4, -0.2) is 14.2 Å². The van der Waals surface area contributed by atoms with Crippen molar-refractivity contribution in [1.82, 2.24) is 0 Å². The smallest absolute Gasteiger partial charge is 0.257 e. The average molecular weight is 142 g/mol. The third kappa shape index (κ3) is 3.94. The van der Waals surface area contributed by atoms with Crippen LogP contribution in [0.3, 0.4) is 0 Å². The van der Waals surface area contributed by atoms with Crippen LogP contribution in [0.1, 0.15) is 34.1 Å². The molecule has 0 saturated carbocycles. The van der Waals surface area contributed by atoms with E-state index in [-0.39, 0.29) is 0 Å². The highest BCUT2D eigenvalue weighted by atomic mass is 16.4. The van der Waals surface area contributed by atoms with E-state index in [1.165, 1.54) is 6.42 Å². The molecule has 0 fully saturated rings. The summed E-state index contributed by atoms with van der Waals surface area (Å²) in [7, 11) is 1.80. The van der Waals surface area contributed by atoms with E-state index < -0.39 is 0 Å². The summed E-state index contributed by atoms with van der Waals surface area (Å²) >= 11 is 0. The SMILES string of the molecule is BOC(CC(C)C)C(C)C. The molecule has 0 N–H and O–H groups in total. The van der Waals surface area contributed by atoms with E-state index in [1.807, 2.05) is 0 Å². The van der Waals surface area contributed by atoms with Gasteiger partial charge >= 0.3 is 0 Å². The molecule has 0 aromatic heterocycles. The van der Waals surface area contributed by atoms with Crippen LogP contribution < -0.4 is 0 Å². The van der Waals surface area contributed by atoms with Gasteiger partial charge in [-0.25, -0.2) is 0 Å². The van der Waals surface area contributed by atoms with Crippen molar-refractivity contribution in [3.63, 3.8) is 0 Å². The molecular formula is C8H19BO. The maximum absolute atomic E-state index is 5.32. The van der Waals surface area contributed by atoms with Crippen molar-refractivity contribution in [3.8, 4) is 0 Å². The Hall–Kier alpha value is 0.0249. The van der Waals surface area contributed by atoms with E-state index in [0.29, 0.717) is 12.0 Å². The minimum absolute atomic E-state index is 0.444. The Labute approximate surface area is 65.6 Å². The molecule has 60 valence electrons. The lowest BCUT2D eigenvalue weighted by Gasteiger charge is -2.21. The first-order chi connectivity index (χ1) is 4.57. The minimum atomic E-state index is 0.444. The van der Waals surface area contributed by atoms with Crippen LogP contribution >= 0.6 is 0 Å². The molecule has 0 amide bonds. The lowest BCUT2D eigenvalue weighted by atomic mass is 9.97. The predicted molar refractivity (Wildman–Crippen MR) is 47.7 cm³/mol. The Morgan fingerprint density at radius 3 is 1.80 bits per heavy atom. The van der Waals surface area contributed by atoms with Crippen molar-refractivity contribution < 1.29 is 4.65 Å². The molecule has 0 aromatic carbocycles. The molecule has 0 heterocycles. The molecule has 1 atom stereocenters. The Bertz CT molecular complexity index is 81.3. The quantitative estimate of drug-likeness (QED) is 0.542. The van der Waals surface area contributed by atoms with Crippen molar-refractivity contribution in [3.05, 3.63) is 0 Å². The molecule has 0 saturated heterocycles. The summed E-state index contributed by atoms with van der Waals surface area (Å²) in [5.74, 6) is 1.39. The van der Waals surface area contributed by atoms with Crippen LogP contribution in [0.25, 0.3) is 0 Å². The molecule has 0 aliphatic rings. The van der Waals surface area contributed by atoms with Gasteiger partial charge in [-0.05, 0) is 18.3 Å². The molecule has 0 radical (unpaired) electrons. The van der Waals surface area contributed by atoms with Gasteiger partial charge in [0.15, 0.2) is 0 Å². The van der Waals surface area contributed by atoms with Crippen molar-refractivity contribution in [2.24, 2.45) is 11.8 Å². The van der Waals surface area contributed by atoms with E-state index in [4.69, 9.17) is 4.65 Å². The van der Waals surface area contributed by atoms with Gasteiger partial charge in [0.1, 0.15) is 0 Å². The van der Waals surface area contributed by atoms with Gasteiger partial charge < -0.3 is 4.65 Å². The Balaban J connectivity index is 3.60. The van der Waals surface area contributed by atoms with Crippen LogP contribution in [-0.2, 0) is 4.65 Å². The first kappa shape index (κ1) is 10.0. The fraction of sp³-hybridized carbons (Fsp3) is 1.00. The molecule has 10 heavy (non-hydrogen) atoms. The molecule has 2 heteroatoms. The molecule has 0 aliphatic heterocycles. The lowest BCUT2D eigenvalue weighted by Crippen LogP contribution is -2.20. The molecule has 1 nitrogen and oxygen atoms in total. The first-order valence-corrected chi connectivity index (χ1v) is 4.10. The fourth-order valence-corrected chi connectivity index (χ4v) is 1.11. The maximum atomic E-state index is 5.32. The van der Waals surface area contributed by atoms with Gasteiger partial charge in [0.05, 0.1) is 0 Å². The van der Waals surface area contributed by atoms with Gasteiger partial charge in [0, 0.05) is 6.10 Å². The second-order valence-corrected chi connectivity index (χ2v) is 3.65. The third-order valence-electron chi connectivity index (χ3n) is 1.75. The zero-order valence-electron chi connectivity index (χ0n) is 7.85. The fourth-order valence-electron chi connectivity index (χ4n) is 1.11. The molecule has 0 aromatic rings. The van der Waals surface area contributed by atoms with Crippen molar-refractivity contribution in [1.29, 1.82) is 0 Å².